The minimum atomic E-state index is -0.545. The van der Waals surface area contributed by atoms with Crippen molar-refractivity contribution in [2.24, 2.45) is 0 Å². The highest BCUT2D eigenvalue weighted by Gasteiger charge is 2.42. The van der Waals surface area contributed by atoms with Crippen LogP contribution in [-0.4, -0.2) is 12.3 Å². The molecule has 2 N–H and O–H groups in total. The van der Waals surface area contributed by atoms with Crippen LogP contribution in [0.25, 0.3) is 39.0 Å². The molecule has 9 rings (SSSR count). The molecule has 6 aromatic rings. The highest BCUT2D eigenvalue weighted by Crippen LogP contribution is 2.50. The molecule has 3 aliphatic rings. The lowest BCUT2D eigenvalue weighted by molar-refractivity contribution is 0.679. The molecule has 0 radical (unpaired) electrons. The van der Waals surface area contributed by atoms with E-state index < -0.39 is 5.41 Å². The largest absolute Gasteiger partial charge is 0.356 e. The van der Waals surface area contributed by atoms with Crippen molar-refractivity contribution < 1.29 is 0 Å². The van der Waals surface area contributed by atoms with Gasteiger partial charge in [0.1, 0.15) is 0 Å². The fourth-order valence-corrected chi connectivity index (χ4v) is 9.17. The molecule has 252 valence electrons. The van der Waals surface area contributed by atoms with Crippen LogP contribution < -0.4 is 16.2 Å². The maximum atomic E-state index is 4.84. The molecule has 1 atom stereocenters. The molecular formula is C49H43BN2. The van der Waals surface area contributed by atoms with Crippen LogP contribution in [0, 0.1) is 6.92 Å². The van der Waals surface area contributed by atoms with Crippen LogP contribution in [0.4, 0.5) is 11.4 Å². The number of benzene rings is 5. The molecule has 5 aromatic carbocycles. The van der Waals surface area contributed by atoms with Crippen LogP contribution >= 0.6 is 0 Å². The average molecular weight is 671 g/mol. The zero-order chi connectivity index (χ0) is 35.2. The first-order valence-electron chi connectivity index (χ1n) is 18.7. The van der Waals surface area contributed by atoms with E-state index in [0.29, 0.717) is 0 Å². The molecule has 52 heavy (non-hydrogen) atoms. The van der Waals surface area contributed by atoms with Crippen molar-refractivity contribution in [2.75, 3.05) is 5.32 Å². The number of hydrogen-bond acceptors (Lipinski definition) is 1. The maximum Gasteiger partial charge on any atom is 0.198 e. The van der Waals surface area contributed by atoms with E-state index >= 15 is 0 Å². The third-order valence-electron chi connectivity index (χ3n) is 11.5. The van der Waals surface area contributed by atoms with Gasteiger partial charge in [-0.3, -0.25) is 0 Å². The standard InChI is InChI=1S/C49H43BN2/c1-4-5-8-17-33(3)49(35-19-9-6-10-20-35,36-21-11-7-12-22-36)41-26-16-27-42-48(41)52-44-31-32(2)30-40(46(44)50-42)38-24-15-25-39-45-37-23-14-13-18-34(37)28-29-43(45)51-47(38)39/h4-11,13,15-21,24-31,50-52H,3,12,14,22-23H2,1-2H3/b5-4-,17-8-. The Balaban J connectivity index is 1.24. The number of para-hydroxylation sites is 2. The molecule has 0 bridgehead atoms. The van der Waals surface area contributed by atoms with E-state index in [1.165, 1.54) is 88.6 Å². The average Bonchev–Trinajstić information content (AvgIpc) is 3.58. The molecule has 1 aromatic heterocycles. The normalized spacial score (nSPS) is 15.9. The van der Waals surface area contributed by atoms with Crippen molar-refractivity contribution in [2.45, 2.75) is 44.9 Å². The quantitative estimate of drug-likeness (QED) is 0.128. The Hall–Kier alpha value is -5.80. The predicted molar refractivity (Wildman–Crippen MR) is 226 cm³/mol. The van der Waals surface area contributed by atoms with Gasteiger partial charge in [0.05, 0.1) is 10.9 Å². The van der Waals surface area contributed by atoms with E-state index in [4.69, 9.17) is 6.58 Å². The Morgan fingerprint density at radius 1 is 0.865 bits per heavy atom. The van der Waals surface area contributed by atoms with Gasteiger partial charge < -0.3 is 10.3 Å². The fraction of sp³-hybridized carbons (Fsp3) is 0.143. The Morgan fingerprint density at radius 2 is 1.73 bits per heavy atom. The van der Waals surface area contributed by atoms with Crippen molar-refractivity contribution in [3.63, 3.8) is 0 Å². The number of aryl methyl sites for hydroxylation is 2. The van der Waals surface area contributed by atoms with Crippen LogP contribution in [0.15, 0.2) is 157 Å². The molecule has 0 saturated carbocycles. The summed E-state index contributed by atoms with van der Waals surface area (Å²) in [6.07, 6.45) is 24.1. The second-order valence-corrected chi connectivity index (χ2v) is 14.5. The lowest BCUT2D eigenvalue weighted by Gasteiger charge is -2.42. The zero-order valence-electron chi connectivity index (χ0n) is 30.1. The monoisotopic (exact) mass is 670 g/mol. The summed E-state index contributed by atoms with van der Waals surface area (Å²) in [5.74, 6) is 0. The van der Waals surface area contributed by atoms with Crippen molar-refractivity contribution in [1.82, 2.24) is 4.98 Å². The first-order valence-corrected chi connectivity index (χ1v) is 18.7. The van der Waals surface area contributed by atoms with E-state index in [0.717, 1.165) is 38.5 Å². The van der Waals surface area contributed by atoms with Crippen molar-refractivity contribution >= 4 is 57.5 Å². The predicted octanol–water partition coefficient (Wildman–Crippen LogP) is 11.0. The fourth-order valence-electron chi connectivity index (χ4n) is 9.17. The van der Waals surface area contributed by atoms with E-state index in [-0.39, 0.29) is 0 Å². The lowest BCUT2D eigenvalue weighted by atomic mass is 9.55. The number of aromatic nitrogens is 1. The molecule has 0 amide bonds. The molecule has 0 fully saturated rings. The molecule has 1 unspecified atom stereocenters. The van der Waals surface area contributed by atoms with Gasteiger partial charge in [-0.2, -0.15) is 0 Å². The SMILES string of the molecule is C=C(/C=C\C=C/C)C(C1=CC=CCC1)(c1ccccc1)c1cccc2c1Nc1cc(C)cc(-c3cccc4c3[nH]c3ccc5c(c34)CCC=C5)c1B2. The summed E-state index contributed by atoms with van der Waals surface area (Å²) in [6, 6.07) is 34.0. The van der Waals surface area contributed by atoms with Gasteiger partial charge in [0.15, 0.2) is 7.28 Å². The number of nitrogens with one attached hydrogen (secondary N) is 2. The van der Waals surface area contributed by atoms with Crippen molar-refractivity contribution in [3.8, 4) is 11.1 Å². The summed E-state index contributed by atoms with van der Waals surface area (Å²) in [6.45, 7) is 9.12. The number of allylic oxidation sites excluding steroid dienone is 10. The minimum absolute atomic E-state index is 0.545. The molecular weight excluding hydrogens is 627 g/mol. The van der Waals surface area contributed by atoms with E-state index in [2.05, 4.69) is 170 Å². The number of rotatable bonds is 7. The minimum Gasteiger partial charge on any atom is -0.356 e. The number of anilines is 2. The maximum absolute atomic E-state index is 4.84. The lowest BCUT2D eigenvalue weighted by Crippen LogP contribution is -2.41. The summed E-state index contributed by atoms with van der Waals surface area (Å²) >= 11 is 0. The van der Waals surface area contributed by atoms with Crippen LogP contribution in [-0.2, 0) is 11.8 Å². The van der Waals surface area contributed by atoms with Crippen LogP contribution in [0.3, 0.4) is 0 Å². The smallest absolute Gasteiger partial charge is 0.198 e. The summed E-state index contributed by atoms with van der Waals surface area (Å²) in [5.41, 5.74) is 18.4. The second kappa shape index (κ2) is 13.1. The Kier molecular flexibility index (Phi) is 8.08. The van der Waals surface area contributed by atoms with Gasteiger partial charge in [-0.1, -0.05) is 151 Å². The summed E-state index contributed by atoms with van der Waals surface area (Å²) < 4.78 is 0. The second-order valence-electron chi connectivity index (χ2n) is 14.5. The third-order valence-corrected chi connectivity index (χ3v) is 11.5. The van der Waals surface area contributed by atoms with Crippen molar-refractivity contribution in [1.29, 1.82) is 0 Å². The molecule has 0 spiro atoms. The molecule has 0 saturated heterocycles. The van der Waals surface area contributed by atoms with Gasteiger partial charge in [0.2, 0.25) is 0 Å². The van der Waals surface area contributed by atoms with Gasteiger partial charge in [0, 0.05) is 33.2 Å². The summed E-state index contributed by atoms with van der Waals surface area (Å²) in [4.78, 5) is 3.88. The van der Waals surface area contributed by atoms with Gasteiger partial charge >= 0.3 is 0 Å². The number of aromatic amines is 1. The van der Waals surface area contributed by atoms with Gasteiger partial charge in [0.25, 0.3) is 0 Å². The molecule has 2 aliphatic carbocycles. The Labute approximate surface area is 307 Å². The van der Waals surface area contributed by atoms with E-state index in [9.17, 15) is 0 Å². The first-order chi connectivity index (χ1) is 25.6. The van der Waals surface area contributed by atoms with Crippen LogP contribution in [0.1, 0.15) is 54.0 Å². The van der Waals surface area contributed by atoms with Crippen molar-refractivity contribution in [3.05, 3.63) is 185 Å². The Bertz CT molecular complexity index is 2560. The highest BCUT2D eigenvalue weighted by atomic mass is 14.9. The molecule has 1 aliphatic heterocycles. The van der Waals surface area contributed by atoms with E-state index in [1.54, 1.807) is 0 Å². The number of H-pyrrole nitrogens is 1. The summed E-state index contributed by atoms with van der Waals surface area (Å²) in [5, 5.41) is 6.76. The van der Waals surface area contributed by atoms with Gasteiger partial charge in [-0.25, -0.2) is 0 Å². The third kappa shape index (κ3) is 5.10. The highest BCUT2D eigenvalue weighted by molar-refractivity contribution is 6.73. The zero-order valence-corrected chi connectivity index (χ0v) is 30.1. The molecule has 2 nitrogen and oxygen atoms in total. The molecule has 3 heteroatoms. The van der Waals surface area contributed by atoms with Crippen LogP contribution in [0.2, 0.25) is 0 Å². The topological polar surface area (TPSA) is 27.8 Å². The van der Waals surface area contributed by atoms with Gasteiger partial charge in [-0.15, -0.1) is 0 Å². The number of fused-ring (bicyclic) bond motifs is 7. The van der Waals surface area contributed by atoms with E-state index in [1.807, 2.05) is 0 Å². The first kappa shape index (κ1) is 32.1. The number of hydrogen-bond donors (Lipinski definition) is 2. The Morgan fingerprint density at radius 3 is 2.58 bits per heavy atom. The molecule has 2 heterocycles. The van der Waals surface area contributed by atoms with Crippen LogP contribution in [0.5, 0.6) is 0 Å². The van der Waals surface area contributed by atoms with Gasteiger partial charge in [-0.05, 0) is 96.1 Å². The summed E-state index contributed by atoms with van der Waals surface area (Å²) in [7, 11) is 0.836.